The summed E-state index contributed by atoms with van der Waals surface area (Å²) in [7, 11) is 4.07. The third kappa shape index (κ3) is 3.66. The number of aryl methyl sites for hydroxylation is 1. The molecule has 0 N–H and O–H groups in total. The summed E-state index contributed by atoms with van der Waals surface area (Å²) in [5.74, 6) is 0. The standard InChI is InChI=1S/C19H19N3S/c1-14-18(16-7-5-4-6-8-16)21-19(23-14)20-13-15-9-11-17(12-10-15)22(2)3/h4-13H,1-3H3. The van der Waals surface area contributed by atoms with Crippen LogP contribution in [0.2, 0.25) is 0 Å². The minimum atomic E-state index is 0.790. The molecule has 0 saturated carbocycles. The van der Waals surface area contributed by atoms with Gasteiger partial charge in [-0.25, -0.2) is 9.98 Å². The van der Waals surface area contributed by atoms with Crippen LogP contribution in [0.15, 0.2) is 59.6 Å². The van der Waals surface area contributed by atoms with Crippen LogP contribution in [0.3, 0.4) is 0 Å². The molecule has 2 aromatic carbocycles. The molecule has 1 aromatic heterocycles. The monoisotopic (exact) mass is 321 g/mol. The Morgan fingerprint density at radius 2 is 1.70 bits per heavy atom. The Hall–Kier alpha value is -2.46. The van der Waals surface area contributed by atoms with E-state index >= 15 is 0 Å². The van der Waals surface area contributed by atoms with E-state index in [2.05, 4.69) is 58.2 Å². The van der Waals surface area contributed by atoms with Crippen LogP contribution in [0.4, 0.5) is 10.8 Å². The highest BCUT2D eigenvalue weighted by atomic mass is 32.1. The van der Waals surface area contributed by atoms with Gasteiger partial charge >= 0.3 is 0 Å². The maximum Gasteiger partial charge on any atom is 0.209 e. The fraction of sp³-hybridized carbons (Fsp3) is 0.158. The molecule has 1 heterocycles. The highest BCUT2D eigenvalue weighted by Gasteiger charge is 2.08. The van der Waals surface area contributed by atoms with E-state index in [4.69, 9.17) is 0 Å². The van der Waals surface area contributed by atoms with Crippen LogP contribution in [0.1, 0.15) is 10.4 Å². The predicted molar refractivity (Wildman–Crippen MR) is 100 cm³/mol. The number of aliphatic imine (C=N–C) groups is 1. The van der Waals surface area contributed by atoms with Crippen LogP contribution in [0.25, 0.3) is 11.3 Å². The number of anilines is 1. The topological polar surface area (TPSA) is 28.5 Å². The van der Waals surface area contributed by atoms with Crippen LogP contribution >= 0.6 is 11.3 Å². The fourth-order valence-electron chi connectivity index (χ4n) is 2.29. The van der Waals surface area contributed by atoms with E-state index in [1.165, 1.54) is 10.6 Å². The van der Waals surface area contributed by atoms with Gasteiger partial charge in [0.05, 0.1) is 5.69 Å². The molecule has 0 aliphatic heterocycles. The van der Waals surface area contributed by atoms with Crippen LogP contribution in [0, 0.1) is 6.92 Å². The van der Waals surface area contributed by atoms with Crippen molar-refractivity contribution in [1.29, 1.82) is 0 Å². The Kier molecular flexibility index (Phi) is 4.53. The molecule has 0 bridgehead atoms. The fourth-order valence-corrected chi connectivity index (χ4v) is 3.07. The average Bonchev–Trinajstić information content (AvgIpc) is 2.95. The van der Waals surface area contributed by atoms with E-state index in [0.717, 1.165) is 22.0 Å². The van der Waals surface area contributed by atoms with Crippen LogP contribution in [-0.4, -0.2) is 25.3 Å². The molecule has 0 saturated heterocycles. The molecule has 4 heteroatoms. The van der Waals surface area contributed by atoms with Crippen LogP contribution in [-0.2, 0) is 0 Å². The molecule has 0 radical (unpaired) electrons. The lowest BCUT2D eigenvalue weighted by Crippen LogP contribution is -2.08. The van der Waals surface area contributed by atoms with E-state index in [1.54, 1.807) is 11.3 Å². The third-order valence-electron chi connectivity index (χ3n) is 3.57. The van der Waals surface area contributed by atoms with Crippen molar-refractivity contribution >= 4 is 28.4 Å². The molecule has 0 atom stereocenters. The highest BCUT2D eigenvalue weighted by molar-refractivity contribution is 7.15. The number of thiazole rings is 1. The van der Waals surface area contributed by atoms with E-state index < -0.39 is 0 Å². The highest BCUT2D eigenvalue weighted by Crippen LogP contribution is 2.31. The molecule has 3 nitrogen and oxygen atoms in total. The van der Waals surface area contributed by atoms with Gasteiger partial charge in [-0.05, 0) is 24.6 Å². The van der Waals surface area contributed by atoms with E-state index in [9.17, 15) is 0 Å². The average molecular weight is 321 g/mol. The molecule has 23 heavy (non-hydrogen) atoms. The van der Waals surface area contributed by atoms with Crippen molar-refractivity contribution in [2.75, 3.05) is 19.0 Å². The Morgan fingerprint density at radius 3 is 2.35 bits per heavy atom. The summed E-state index contributed by atoms with van der Waals surface area (Å²) in [4.78, 5) is 12.4. The molecule has 0 unspecified atom stereocenters. The van der Waals surface area contributed by atoms with Gasteiger partial charge < -0.3 is 4.90 Å². The molecule has 3 aromatic rings. The minimum absolute atomic E-state index is 0.790. The smallest absolute Gasteiger partial charge is 0.209 e. The number of aromatic nitrogens is 1. The number of hydrogen-bond donors (Lipinski definition) is 0. The summed E-state index contributed by atoms with van der Waals surface area (Å²) in [5.41, 5.74) is 4.41. The van der Waals surface area contributed by atoms with Gasteiger partial charge in [-0.15, -0.1) is 0 Å². The molecular weight excluding hydrogens is 302 g/mol. The first-order valence-corrected chi connectivity index (χ1v) is 8.29. The van der Waals surface area contributed by atoms with Crippen LogP contribution < -0.4 is 4.90 Å². The van der Waals surface area contributed by atoms with Crippen molar-refractivity contribution in [2.45, 2.75) is 6.92 Å². The molecular formula is C19H19N3S. The van der Waals surface area contributed by atoms with E-state index in [0.29, 0.717) is 0 Å². The Labute approximate surface area is 141 Å². The summed E-state index contributed by atoms with van der Waals surface area (Å²) in [5, 5.41) is 0.790. The van der Waals surface area contributed by atoms with E-state index in [1.807, 2.05) is 38.5 Å². The molecule has 0 aliphatic rings. The van der Waals surface area contributed by atoms with E-state index in [-0.39, 0.29) is 0 Å². The van der Waals surface area contributed by atoms with Crippen molar-refractivity contribution < 1.29 is 0 Å². The summed E-state index contributed by atoms with van der Waals surface area (Å²) in [6, 6.07) is 18.5. The molecule has 3 rings (SSSR count). The van der Waals surface area contributed by atoms with Gasteiger partial charge in [-0.1, -0.05) is 53.8 Å². The Morgan fingerprint density at radius 1 is 1.00 bits per heavy atom. The molecule has 0 amide bonds. The van der Waals surface area contributed by atoms with Gasteiger partial charge in [0.2, 0.25) is 5.13 Å². The second kappa shape index (κ2) is 6.75. The number of nitrogens with zero attached hydrogens (tertiary/aromatic N) is 3. The van der Waals surface area contributed by atoms with Gasteiger partial charge in [0.15, 0.2) is 0 Å². The van der Waals surface area contributed by atoms with Gasteiger partial charge in [0.25, 0.3) is 0 Å². The summed E-state index contributed by atoms with van der Waals surface area (Å²) < 4.78 is 0. The molecule has 0 spiro atoms. The lowest BCUT2D eigenvalue weighted by molar-refractivity contribution is 1.13. The maximum atomic E-state index is 4.65. The number of benzene rings is 2. The van der Waals surface area contributed by atoms with Crippen molar-refractivity contribution in [3.8, 4) is 11.3 Å². The van der Waals surface area contributed by atoms with Gasteiger partial charge in [0, 0.05) is 36.4 Å². The zero-order chi connectivity index (χ0) is 16.2. The zero-order valence-electron chi connectivity index (χ0n) is 13.5. The maximum absolute atomic E-state index is 4.65. The second-order valence-electron chi connectivity index (χ2n) is 5.51. The first-order valence-electron chi connectivity index (χ1n) is 7.48. The van der Waals surface area contributed by atoms with Crippen molar-refractivity contribution in [2.24, 2.45) is 4.99 Å². The van der Waals surface area contributed by atoms with Gasteiger partial charge in [0.1, 0.15) is 0 Å². The number of hydrogen-bond acceptors (Lipinski definition) is 4. The van der Waals surface area contributed by atoms with Crippen molar-refractivity contribution in [3.63, 3.8) is 0 Å². The second-order valence-corrected chi connectivity index (χ2v) is 6.69. The first-order chi connectivity index (χ1) is 11.1. The summed E-state index contributed by atoms with van der Waals surface area (Å²) >= 11 is 1.62. The third-order valence-corrected chi connectivity index (χ3v) is 4.44. The predicted octanol–water partition coefficient (Wildman–Crippen LogP) is 4.94. The van der Waals surface area contributed by atoms with Gasteiger partial charge in [-0.3, -0.25) is 0 Å². The quantitative estimate of drug-likeness (QED) is 0.637. The molecule has 116 valence electrons. The van der Waals surface area contributed by atoms with Crippen molar-refractivity contribution in [3.05, 3.63) is 65.0 Å². The summed E-state index contributed by atoms with van der Waals surface area (Å²) in [6.45, 7) is 2.09. The Balaban J connectivity index is 1.80. The lowest BCUT2D eigenvalue weighted by atomic mass is 10.1. The minimum Gasteiger partial charge on any atom is -0.378 e. The SMILES string of the molecule is Cc1sc(N=Cc2ccc(N(C)C)cc2)nc1-c1ccccc1. The molecule has 0 fully saturated rings. The summed E-state index contributed by atoms with van der Waals surface area (Å²) in [6.07, 6.45) is 1.87. The van der Waals surface area contributed by atoms with Crippen LogP contribution in [0.5, 0.6) is 0 Å². The molecule has 0 aliphatic carbocycles. The van der Waals surface area contributed by atoms with Gasteiger partial charge in [-0.2, -0.15) is 0 Å². The first kappa shape index (κ1) is 15.4. The zero-order valence-corrected chi connectivity index (χ0v) is 14.3. The lowest BCUT2D eigenvalue weighted by Gasteiger charge is -2.11. The number of rotatable bonds is 4. The Bertz CT molecular complexity index is 802. The largest absolute Gasteiger partial charge is 0.378 e. The normalized spacial score (nSPS) is 11.1. The van der Waals surface area contributed by atoms with Crippen molar-refractivity contribution in [1.82, 2.24) is 4.98 Å².